The fourth-order valence-electron chi connectivity index (χ4n) is 2.58. The summed E-state index contributed by atoms with van der Waals surface area (Å²) in [5, 5.41) is 7.29. The fraction of sp³-hybridized carbons (Fsp3) is 0.467. The van der Waals surface area contributed by atoms with Crippen LogP contribution in [-0.4, -0.2) is 36.8 Å². The summed E-state index contributed by atoms with van der Waals surface area (Å²) in [6.07, 6.45) is 3.37. The molecule has 3 rings (SSSR count). The van der Waals surface area contributed by atoms with Crippen LogP contribution in [0.5, 0.6) is 0 Å². The Bertz CT molecular complexity index is 561. The van der Waals surface area contributed by atoms with Crippen molar-refractivity contribution in [3.8, 4) is 11.5 Å². The van der Waals surface area contributed by atoms with E-state index in [0.717, 1.165) is 37.6 Å². The van der Waals surface area contributed by atoms with E-state index < -0.39 is 0 Å². The van der Waals surface area contributed by atoms with Crippen LogP contribution in [0.2, 0.25) is 0 Å². The number of nitrogens with zero attached hydrogens (tertiary/aromatic N) is 3. The molecule has 1 saturated heterocycles. The van der Waals surface area contributed by atoms with Gasteiger partial charge in [-0.2, -0.15) is 4.98 Å². The Labute approximate surface area is 119 Å². The molecule has 2 aromatic rings. The third-order valence-corrected chi connectivity index (χ3v) is 3.70. The lowest BCUT2D eigenvalue weighted by atomic mass is 10.0. The highest BCUT2D eigenvalue weighted by Crippen LogP contribution is 2.25. The lowest BCUT2D eigenvalue weighted by molar-refractivity contribution is 0.429. The molecule has 20 heavy (non-hydrogen) atoms. The topological polar surface area (TPSA) is 54.2 Å². The zero-order chi connectivity index (χ0) is 13.8. The predicted octanol–water partition coefficient (Wildman–Crippen LogP) is 2.10. The normalized spacial score (nSPS) is 14.9. The first-order valence-corrected chi connectivity index (χ1v) is 7.20. The van der Waals surface area contributed by atoms with Gasteiger partial charge >= 0.3 is 0 Å². The molecule has 0 unspecified atom stereocenters. The number of benzene rings is 1. The SMILES string of the molecule is CNCCc1ccccc1-c1nc(N2CCCC2)no1. The van der Waals surface area contributed by atoms with Gasteiger partial charge in [-0.25, -0.2) is 0 Å². The maximum absolute atomic E-state index is 5.46. The largest absolute Gasteiger partial charge is 0.338 e. The number of rotatable bonds is 5. The number of hydrogen-bond donors (Lipinski definition) is 1. The highest BCUT2D eigenvalue weighted by molar-refractivity contribution is 5.59. The van der Waals surface area contributed by atoms with Crippen molar-refractivity contribution < 1.29 is 4.52 Å². The second-order valence-electron chi connectivity index (χ2n) is 5.10. The minimum Gasteiger partial charge on any atom is -0.338 e. The second-order valence-corrected chi connectivity index (χ2v) is 5.10. The van der Waals surface area contributed by atoms with Gasteiger partial charge in [-0.1, -0.05) is 18.2 Å². The molecule has 5 heteroatoms. The van der Waals surface area contributed by atoms with Gasteiger partial charge in [0.05, 0.1) is 0 Å². The monoisotopic (exact) mass is 272 g/mol. The minimum atomic E-state index is 0.624. The first kappa shape index (κ1) is 13.1. The molecule has 0 saturated carbocycles. The average Bonchev–Trinajstić information content (AvgIpc) is 3.15. The number of anilines is 1. The molecule has 0 amide bonds. The smallest absolute Gasteiger partial charge is 0.266 e. The van der Waals surface area contributed by atoms with Gasteiger partial charge in [0.2, 0.25) is 0 Å². The maximum Gasteiger partial charge on any atom is 0.266 e. The Morgan fingerprint density at radius 1 is 1.25 bits per heavy atom. The lowest BCUT2D eigenvalue weighted by Crippen LogP contribution is -2.18. The van der Waals surface area contributed by atoms with E-state index in [1.165, 1.54) is 18.4 Å². The Hall–Kier alpha value is -1.88. The van der Waals surface area contributed by atoms with E-state index in [2.05, 4.69) is 26.4 Å². The molecule has 2 heterocycles. The first-order valence-electron chi connectivity index (χ1n) is 7.20. The van der Waals surface area contributed by atoms with Crippen molar-refractivity contribution in [1.29, 1.82) is 0 Å². The van der Waals surface area contributed by atoms with Crippen LogP contribution in [0.3, 0.4) is 0 Å². The van der Waals surface area contributed by atoms with E-state index in [1.807, 2.05) is 25.2 Å². The summed E-state index contributed by atoms with van der Waals surface area (Å²) in [5.74, 6) is 1.35. The summed E-state index contributed by atoms with van der Waals surface area (Å²) < 4.78 is 5.46. The maximum atomic E-state index is 5.46. The molecule has 1 fully saturated rings. The van der Waals surface area contributed by atoms with Gasteiger partial charge in [0.15, 0.2) is 0 Å². The second kappa shape index (κ2) is 6.05. The standard InChI is InChI=1S/C15H20N4O/c1-16-9-8-12-6-2-3-7-13(12)14-17-15(18-20-14)19-10-4-5-11-19/h2-3,6-7,16H,4-5,8-11H2,1H3. The van der Waals surface area contributed by atoms with Crippen LogP contribution < -0.4 is 10.2 Å². The molecule has 1 aromatic carbocycles. The Morgan fingerprint density at radius 3 is 2.85 bits per heavy atom. The molecule has 0 atom stereocenters. The van der Waals surface area contributed by atoms with Crippen LogP contribution in [0.1, 0.15) is 18.4 Å². The molecule has 0 spiro atoms. The Morgan fingerprint density at radius 2 is 2.05 bits per heavy atom. The van der Waals surface area contributed by atoms with Crippen LogP contribution in [0.25, 0.3) is 11.5 Å². The molecular weight excluding hydrogens is 252 g/mol. The number of hydrogen-bond acceptors (Lipinski definition) is 5. The molecule has 1 aliphatic heterocycles. The van der Waals surface area contributed by atoms with Crippen LogP contribution >= 0.6 is 0 Å². The summed E-state index contributed by atoms with van der Waals surface area (Å²) in [4.78, 5) is 6.74. The van der Waals surface area contributed by atoms with Crippen molar-refractivity contribution in [3.05, 3.63) is 29.8 Å². The lowest BCUT2D eigenvalue weighted by Gasteiger charge is -2.09. The molecular formula is C15H20N4O. The number of nitrogens with one attached hydrogen (secondary N) is 1. The third kappa shape index (κ3) is 2.67. The first-order chi connectivity index (χ1) is 9.88. The highest BCUT2D eigenvalue weighted by Gasteiger charge is 2.19. The zero-order valence-electron chi connectivity index (χ0n) is 11.8. The van der Waals surface area contributed by atoms with Gasteiger partial charge in [0.1, 0.15) is 0 Å². The van der Waals surface area contributed by atoms with E-state index in [4.69, 9.17) is 4.52 Å². The quantitative estimate of drug-likeness (QED) is 0.903. The van der Waals surface area contributed by atoms with E-state index in [9.17, 15) is 0 Å². The van der Waals surface area contributed by atoms with E-state index in [0.29, 0.717) is 5.89 Å². The molecule has 1 aromatic heterocycles. The summed E-state index contributed by atoms with van der Waals surface area (Å²) in [7, 11) is 1.96. The molecule has 1 N–H and O–H groups in total. The van der Waals surface area contributed by atoms with Crippen molar-refractivity contribution in [2.45, 2.75) is 19.3 Å². The molecule has 5 nitrogen and oxygen atoms in total. The van der Waals surface area contributed by atoms with Crippen molar-refractivity contribution in [1.82, 2.24) is 15.5 Å². The molecule has 0 bridgehead atoms. The van der Waals surface area contributed by atoms with E-state index in [-0.39, 0.29) is 0 Å². The van der Waals surface area contributed by atoms with E-state index in [1.54, 1.807) is 0 Å². The minimum absolute atomic E-state index is 0.624. The summed E-state index contributed by atoms with van der Waals surface area (Å²) in [6, 6.07) is 8.23. The van der Waals surface area contributed by atoms with E-state index >= 15 is 0 Å². The molecule has 0 radical (unpaired) electrons. The van der Waals surface area contributed by atoms with Crippen LogP contribution in [-0.2, 0) is 6.42 Å². The summed E-state index contributed by atoms with van der Waals surface area (Å²) >= 11 is 0. The van der Waals surface area contributed by atoms with Crippen molar-refractivity contribution >= 4 is 5.95 Å². The van der Waals surface area contributed by atoms with Crippen molar-refractivity contribution in [3.63, 3.8) is 0 Å². The molecule has 106 valence electrons. The number of aromatic nitrogens is 2. The van der Waals surface area contributed by atoms with Gasteiger partial charge in [-0.15, -0.1) is 0 Å². The van der Waals surface area contributed by atoms with Crippen molar-refractivity contribution in [2.75, 3.05) is 31.6 Å². The highest BCUT2D eigenvalue weighted by atomic mass is 16.5. The zero-order valence-corrected chi connectivity index (χ0v) is 11.8. The fourth-order valence-corrected chi connectivity index (χ4v) is 2.58. The average molecular weight is 272 g/mol. The van der Waals surface area contributed by atoms with Gasteiger partial charge in [0, 0.05) is 18.7 Å². The van der Waals surface area contributed by atoms with Gasteiger partial charge in [-0.3, -0.25) is 0 Å². The summed E-state index contributed by atoms with van der Waals surface area (Å²) in [5.41, 5.74) is 2.28. The third-order valence-electron chi connectivity index (χ3n) is 3.70. The molecule has 0 aliphatic carbocycles. The van der Waals surface area contributed by atoms with Gasteiger partial charge in [0.25, 0.3) is 11.8 Å². The van der Waals surface area contributed by atoms with Gasteiger partial charge in [-0.05, 0) is 49.6 Å². The summed E-state index contributed by atoms with van der Waals surface area (Å²) in [6.45, 7) is 2.99. The van der Waals surface area contributed by atoms with Crippen LogP contribution in [0, 0.1) is 0 Å². The van der Waals surface area contributed by atoms with Crippen LogP contribution in [0.4, 0.5) is 5.95 Å². The van der Waals surface area contributed by atoms with Crippen molar-refractivity contribution in [2.24, 2.45) is 0 Å². The Balaban J connectivity index is 1.85. The van der Waals surface area contributed by atoms with Gasteiger partial charge < -0.3 is 14.7 Å². The molecule has 1 aliphatic rings. The Kier molecular flexibility index (Phi) is 3.97. The predicted molar refractivity (Wildman–Crippen MR) is 78.8 cm³/mol. The number of likely N-dealkylation sites (N-methyl/N-ethyl adjacent to an activating group) is 1. The van der Waals surface area contributed by atoms with Crippen LogP contribution in [0.15, 0.2) is 28.8 Å².